The topological polar surface area (TPSA) is 12.0 Å². The summed E-state index contributed by atoms with van der Waals surface area (Å²) in [4.78, 5) is 0. The van der Waals surface area contributed by atoms with Crippen molar-refractivity contribution in [3.8, 4) is 0 Å². The first-order valence-corrected chi connectivity index (χ1v) is 7.05. The molecule has 13 heavy (non-hydrogen) atoms. The molecule has 78 valence electrons. The highest BCUT2D eigenvalue weighted by Crippen LogP contribution is 2.17. The maximum absolute atomic E-state index is 3.60. The van der Waals surface area contributed by atoms with Crippen molar-refractivity contribution >= 4 is 11.8 Å². The zero-order chi connectivity index (χ0) is 9.36. The molecule has 0 aromatic carbocycles. The molecule has 1 aliphatic carbocycles. The van der Waals surface area contributed by atoms with Crippen LogP contribution in [0.1, 0.15) is 44.9 Å². The average Bonchev–Trinajstić information content (AvgIpc) is 2.07. The molecule has 1 fully saturated rings. The molecule has 1 rings (SSSR count). The summed E-state index contributed by atoms with van der Waals surface area (Å²) in [5.74, 6) is 1.34. The Morgan fingerprint density at radius 2 is 1.92 bits per heavy atom. The van der Waals surface area contributed by atoms with Crippen LogP contribution in [0.5, 0.6) is 0 Å². The molecular formula is C11H23NS. The van der Waals surface area contributed by atoms with Gasteiger partial charge in [0.2, 0.25) is 0 Å². The van der Waals surface area contributed by atoms with Crippen LogP contribution in [-0.4, -0.2) is 24.6 Å². The molecule has 0 bridgehead atoms. The van der Waals surface area contributed by atoms with Crippen LogP contribution in [0.25, 0.3) is 0 Å². The summed E-state index contributed by atoms with van der Waals surface area (Å²) in [5, 5.41) is 3.60. The fraction of sp³-hybridized carbons (Fsp3) is 1.00. The number of thioether (sulfide) groups is 1. The summed E-state index contributed by atoms with van der Waals surface area (Å²) in [5.41, 5.74) is 0. The fourth-order valence-corrected chi connectivity index (χ4v) is 2.14. The largest absolute Gasteiger partial charge is 0.314 e. The summed E-state index contributed by atoms with van der Waals surface area (Å²) in [7, 11) is 0. The van der Waals surface area contributed by atoms with Crippen molar-refractivity contribution in [3.63, 3.8) is 0 Å². The Bertz CT molecular complexity index is 113. The average molecular weight is 201 g/mol. The number of unbranched alkanes of at least 4 members (excludes halogenated alkanes) is 3. The molecule has 0 aromatic rings. The molecule has 1 N–H and O–H groups in total. The lowest BCUT2D eigenvalue weighted by Gasteiger charge is -2.26. The van der Waals surface area contributed by atoms with Crippen molar-refractivity contribution in [2.24, 2.45) is 0 Å². The highest BCUT2D eigenvalue weighted by Gasteiger charge is 2.15. The van der Waals surface area contributed by atoms with E-state index in [4.69, 9.17) is 0 Å². The van der Waals surface area contributed by atoms with Crippen LogP contribution in [0, 0.1) is 0 Å². The molecule has 0 aliphatic heterocycles. The standard InChI is InChI=1S/C11H23NS/c1-13-10-5-3-2-4-9-12-11-7-6-8-11/h11-12H,2-10H2,1H3. The molecule has 0 unspecified atom stereocenters. The highest BCUT2D eigenvalue weighted by atomic mass is 32.2. The second-order valence-corrected chi connectivity index (χ2v) is 4.97. The van der Waals surface area contributed by atoms with E-state index in [2.05, 4.69) is 11.6 Å². The Balaban J connectivity index is 1.68. The maximum atomic E-state index is 3.60. The monoisotopic (exact) mass is 201 g/mol. The summed E-state index contributed by atoms with van der Waals surface area (Å²) in [6, 6.07) is 0.881. The van der Waals surface area contributed by atoms with Crippen LogP contribution in [-0.2, 0) is 0 Å². The predicted molar refractivity (Wildman–Crippen MR) is 62.5 cm³/mol. The molecule has 0 heterocycles. The van der Waals surface area contributed by atoms with Crippen molar-refractivity contribution in [1.29, 1.82) is 0 Å². The van der Waals surface area contributed by atoms with Crippen LogP contribution in [0.3, 0.4) is 0 Å². The van der Waals surface area contributed by atoms with E-state index in [9.17, 15) is 0 Å². The summed E-state index contributed by atoms with van der Waals surface area (Å²) in [6.07, 6.45) is 12.1. The molecule has 0 saturated heterocycles. The molecule has 1 aliphatic rings. The molecule has 0 radical (unpaired) electrons. The quantitative estimate of drug-likeness (QED) is 0.606. The summed E-state index contributed by atoms with van der Waals surface area (Å²) < 4.78 is 0. The van der Waals surface area contributed by atoms with Gasteiger partial charge in [0.15, 0.2) is 0 Å². The van der Waals surface area contributed by atoms with Gasteiger partial charge in [0.25, 0.3) is 0 Å². The Morgan fingerprint density at radius 1 is 1.15 bits per heavy atom. The van der Waals surface area contributed by atoms with E-state index in [0.29, 0.717) is 0 Å². The lowest BCUT2D eigenvalue weighted by atomic mass is 9.93. The third kappa shape index (κ3) is 5.58. The minimum absolute atomic E-state index is 0.881. The maximum Gasteiger partial charge on any atom is 0.00670 e. The first-order chi connectivity index (χ1) is 6.43. The Labute approximate surface area is 87.1 Å². The first kappa shape index (κ1) is 11.4. The molecule has 1 saturated carbocycles. The third-order valence-electron chi connectivity index (χ3n) is 2.81. The molecule has 0 aromatic heterocycles. The van der Waals surface area contributed by atoms with Gasteiger partial charge in [0, 0.05) is 6.04 Å². The van der Waals surface area contributed by atoms with Gasteiger partial charge in [-0.1, -0.05) is 19.3 Å². The fourth-order valence-electron chi connectivity index (χ4n) is 1.64. The van der Waals surface area contributed by atoms with E-state index in [1.54, 1.807) is 0 Å². The van der Waals surface area contributed by atoms with Gasteiger partial charge >= 0.3 is 0 Å². The van der Waals surface area contributed by atoms with Gasteiger partial charge in [-0.05, 0) is 44.2 Å². The van der Waals surface area contributed by atoms with E-state index in [-0.39, 0.29) is 0 Å². The third-order valence-corrected chi connectivity index (χ3v) is 3.51. The molecule has 2 heteroatoms. The van der Waals surface area contributed by atoms with Crippen molar-refractivity contribution in [2.45, 2.75) is 51.0 Å². The van der Waals surface area contributed by atoms with Gasteiger partial charge in [0.05, 0.1) is 0 Å². The van der Waals surface area contributed by atoms with Gasteiger partial charge in [-0.25, -0.2) is 0 Å². The zero-order valence-electron chi connectivity index (χ0n) is 8.85. The van der Waals surface area contributed by atoms with Crippen molar-refractivity contribution < 1.29 is 0 Å². The Morgan fingerprint density at radius 3 is 2.54 bits per heavy atom. The van der Waals surface area contributed by atoms with Gasteiger partial charge < -0.3 is 5.32 Å². The number of rotatable bonds is 8. The van der Waals surface area contributed by atoms with Crippen LogP contribution in [0.15, 0.2) is 0 Å². The first-order valence-electron chi connectivity index (χ1n) is 5.66. The second-order valence-electron chi connectivity index (χ2n) is 3.99. The number of hydrogen-bond donors (Lipinski definition) is 1. The molecule has 0 amide bonds. The van der Waals surface area contributed by atoms with Gasteiger partial charge in [-0.15, -0.1) is 0 Å². The van der Waals surface area contributed by atoms with Gasteiger partial charge in [0.1, 0.15) is 0 Å². The van der Waals surface area contributed by atoms with E-state index < -0.39 is 0 Å². The lowest BCUT2D eigenvalue weighted by molar-refractivity contribution is 0.337. The molecular weight excluding hydrogens is 178 g/mol. The van der Waals surface area contributed by atoms with E-state index >= 15 is 0 Å². The Hall–Kier alpha value is 0.310. The number of nitrogens with one attached hydrogen (secondary N) is 1. The normalized spacial score (nSPS) is 17.3. The summed E-state index contributed by atoms with van der Waals surface area (Å²) in [6.45, 7) is 1.25. The smallest absolute Gasteiger partial charge is 0.00670 e. The Kier molecular flexibility index (Phi) is 6.73. The summed E-state index contributed by atoms with van der Waals surface area (Å²) >= 11 is 1.97. The SMILES string of the molecule is CSCCCCCCNC1CCC1. The predicted octanol–water partition coefficient (Wildman–Crippen LogP) is 3.05. The van der Waals surface area contributed by atoms with E-state index in [0.717, 1.165) is 6.04 Å². The van der Waals surface area contributed by atoms with Crippen LogP contribution in [0.2, 0.25) is 0 Å². The highest BCUT2D eigenvalue weighted by molar-refractivity contribution is 7.98. The minimum atomic E-state index is 0.881. The van der Waals surface area contributed by atoms with Gasteiger partial charge in [-0.2, -0.15) is 11.8 Å². The zero-order valence-corrected chi connectivity index (χ0v) is 9.67. The van der Waals surface area contributed by atoms with Gasteiger partial charge in [-0.3, -0.25) is 0 Å². The molecule has 1 nitrogen and oxygen atoms in total. The van der Waals surface area contributed by atoms with Crippen LogP contribution >= 0.6 is 11.8 Å². The minimum Gasteiger partial charge on any atom is -0.314 e. The lowest BCUT2D eigenvalue weighted by Crippen LogP contribution is -2.35. The van der Waals surface area contributed by atoms with Crippen molar-refractivity contribution in [3.05, 3.63) is 0 Å². The van der Waals surface area contributed by atoms with Crippen LogP contribution in [0.4, 0.5) is 0 Å². The molecule has 0 spiro atoms. The van der Waals surface area contributed by atoms with E-state index in [1.807, 2.05) is 11.8 Å². The second kappa shape index (κ2) is 7.69. The number of hydrogen-bond acceptors (Lipinski definition) is 2. The van der Waals surface area contributed by atoms with E-state index in [1.165, 1.54) is 57.2 Å². The van der Waals surface area contributed by atoms with Crippen LogP contribution < -0.4 is 5.32 Å². The van der Waals surface area contributed by atoms with Crippen molar-refractivity contribution in [1.82, 2.24) is 5.32 Å². The van der Waals surface area contributed by atoms with Crippen molar-refractivity contribution in [2.75, 3.05) is 18.6 Å². The molecule has 0 atom stereocenters.